The minimum atomic E-state index is 0.458. The summed E-state index contributed by atoms with van der Waals surface area (Å²) in [6, 6.07) is 0. The second-order valence-electron chi connectivity index (χ2n) is 4.53. The van der Waals surface area contributed by atoms with Gasteiger partial charge in [0.05, 0.1) is 18.5 Å². The summed E-state index contributed by atoms with van der Waals surface area (Å²) >= 11 is 6.06. The molecule has 20 heavy (non-hydrogen) atoms. The lowest BCUT2D eigenvalue weighted by molar-refractivity contribution is 0.301. The third-order valence-electron chi connectivity index (χ3n) is 3.14. The van der Waals surface area contributed by atoms with Crippen LogP contribution >= 0.6 is 11.6 Å². The molecule has 0 aliphatic carbocycles. The maximum absolute atomic E-state index is 6.06. The molecular formula is C12H15ClN6O. The van der Waals surface area contributed by atoms with E-state index in [-0.39, 0.29) is 0 Å². The highest BCUT2D eigenvalue weighted by Gasteiger charge is 2.17. The predicted octanol–water partition coefficient (Wildman–Crippen LogP) is 2.11. The molecule has 3 rings (SSSR count). The summed E-state index contributed by atoms with van der Waals surface area (Å²) in [5.41, 5.74) is 1.73. The van der Waals surface area contributed by atoms with Gasteiger partial charge >= 0.3 is 0 Å². The lowest BCUT2D eigenvalue weighted by Crippen LogP contribution is -2.09. The van der Waals surface area contributed by atoms with Crippen molar-refractivity contribution >= 4 is 29.1 Å². The average molecular weight is 295 g/mol. The molecule has 0 spiro atoms. The van der Waals surface area contributed by atoms with E-state index in [1.165, 1.54) is 0 Å². The molecule has 0 unspecified atom stereocenters. The zero-order valence-corrected chi connectivity index (χ0v) is 12.0. The number of aromatic nitrogens is 4. The minimum absolute atomic E-state index is 0.458. The maximum atomic E-state index is 6.06. The number of hydrogen-bond donors (Lipinski definition) is 2. The summed E-state index contributed by atoms with van der Waals surface area (Å²) in [5.74, 6) is 1.64. The first-order chi connectivity index (χ1) is 9.65. The highest BCUT2D eigenvalue weighted by Crippen LogP contribution is 2.30. The summed E-state index contributed by atoms with van der Waals surface area (Å²) < 4.78 is 7.47. The van der Waals surface area contributed by atoms with Crippen molar-refractivity contribution in [2.24, 2.45) is 7.05 Å². The van der Waals surface area contributed by atoms with Gasteiger partial charge in [-0.25, -0.2) is 4.98 Å². The first-order valence-electron chi connectivity index (χ1n) is 6.35. The number of aryl methyl sites for hydroxylation is 1. The molecular weight excluding hydrogens is 280 g/mol. The van der Waals surface area contributed by atoms with Crippen LogP contribution in [-0.2, 0) is 7.05 Å². The Morgan fingerprint density at radius 3 is 3.15 bits per heavy atom. The van der Waals surface area contributed by atoms with Gasteiger partial charge in [-0.15, -0.1) is 5.10 Å². The topological polar surface area (TPSA) is 76.9 Å². The second kappa shape index (κ2) is 5.16. The van der Waals surface area contributed by atoms with Gasteiger partial charge in [0.15, 0.2) is 5.82 Å². The van der Waals surface area contributed by atoms with Gasteiger partial charge in [0.1, 0.15) is 10.7 Å². The van der Waals surface area contributed by atoms with Crippen molar-refractivity contribution in [1.82, 2.24) is 19.7 Å². The van der Waals surface area contributed by atoms with Crippen molar-refractivity contribution in [3.63, 3.8) is 0 Å². The van der Waals surface area contributed by atoms with Crippen LogP contribution in [0.1, 0.15) is 12.1 Å². The Labute approximate surface area is 121 Å². The van der Waals surface area contributed by atoms with Crippen molar-refractivity contribution in [2.75, 3.05) is 23.8 Å². The van der Waals surface area contributed by atoms with Crippen LogP contribution in [0.25, 0.3) is 0 Å². The predicted molar refractivity (Wildman–Crippen MR) is 76.9 cm³/mol. The monoisotopic (exact) mass is 294 g/mol. The van der Waals surface area contributed by atoms with E-state index in [1.807, 2.05) is 14.0 Å². The molecule has 3 heterocycles. The molecule has 0 saturated heterocycles. The standard InChI is InChI=1S/C12H15ClN6O/c1-7-9-11(18-19(7)2)20-5-3-4-14-10-8(13)6-15-12(16-9)17-10/h6H,3-5H2,1-2H3,(H2,14,15,16,17). The number of fused-ring (bicyclic) bond motifs is 3. The average Bonchev–Trinajstić information content (AvgIpc) is 2.68. The molecule has 2 aromatic rings. The van der Waals surface area contributed by atoms with Crippen LogP contribution in [0.3, 0.4) is 0 Å². The molecule has 8 heteroatoms. The third kappa shape index (κ3) is 2.36. The van der Waals surface area contributed by atoms with Crippen LogP contribution in [0.5, 0.6) is 5.88 Å². The van der Waals surface area contributed by atoms with E-state index in [4.69, 9.17) is 16.3 Å². The SMILES string of the molecule is Cc1c2c(nn1C)OCCCNc1nc(ncc1Cl)N2. The highest BCUT2D eigenvalue weighted by molar-refractivity contribution is 6.32. The molecule has 2 aromatic heterocycles. The molecule has 0 atom stereocenters. The van der Waals surface area contributed by atoms with Gasteiger partial charge in [-0.05, 0) is 13.3 Å². The van der Waals surface area contributed by atoms with Gasteiger partial charge in [-0.3, -0.25) is 4.68 Å². The number of anilines is 3. The van der Waals surface area contributed by atoms with E-state index in [0.717, 1.165) is 24.3 Å². The van der Waals surface area contributed by atoms with E-state index in [9.17, 15) is 0 Å². The molecule has 106 valence electrons. The molecule has 0 fully saturated rings. The van der Waals surface area contributed by atoms with Gasteiger partial charge in [0.25, 0.3) is 5.88 Å². The molecule has 0 amide bonds. The number of ether oxygens (including phenoxy) is 1. The normalized spacial score (nSPS) is 14.3. The first-order valence-corrected chi connectivity index (χ1v) is 6.73. The van der Waals surface area contributed by atoms with E-state index in [2.05, 4.69) is 25.7 Å². The lowest BCUT2D eigenvalue weighted by Gasteiger charge is -2.08. The van der Waals surface area contributed by atoms with Crippen LogP contribution in [-0.4, -0.2) is 32.9 Å². The number of hydrogen-bond acceptors (Lipinski definition) is 6. The molecule has 0 saturated carbocycles. The number of nitrogens with one attached hydrogen (secondary N) is 2. The van der Waals surface area contributed by atoms with Crippen molar-refractivity contribution < 1.29 is 4.74 Å². The highest BCUT2D eigenvalue weighted by atomic mass is 35.5. The van der Waals surface area contributed by atoms with Gasteiger partial charge in [-0.2, -0.15) is 4.98 Å². The molecule has 1 aliphatic rings. The Hall–Kier alpha value is -2.02. The van der Waals surface area contributed by atoms with Crippen molar-refractivity contribution in [1.29, 1.82) is 0 Å². The number of nitrogens with zero attached hydrogens (tertiary/aromatic N) is 4. The molecule has 0 aromatic carbocycles. The van der Waals surface area contributed by atoms with Crippen molar-refractivity contribution in [2.45, 2.75) is 13.3 Å². The summed E-state index contributed by atoms with van der Waals surface area (Å²) in [4.78, 5) is 8.54. The lowest BCUT2D eigenvalue weighted by atomic mass is 10.4. The van der Waals surface area contributed by atoms with Crippen LogP contribution in [0.4, 0.5) is 17.5 Å². The Balaban J connectivity index is 2.04. The van der Waals surface area contributed by atoms with E-state index < -0.39 is 0 Å². The zero-order chi connectivity index (χ0) is 14.1. The van der Waals surface area contributed by atoms with Crippen LogP contribution in [0.2, 0.25) is 5.02 Å². The quantitative estimate of drug-likeness (QED) is 0.775. The van der Waals surface area contributed by atoms with E-state index in [1.54, 1.807) is 10.9 Å². The molecule has 2 bridgehead atoms. The van der Waals surface area contributed by atoms with E-state index in [0.29, 0.717) is 29.3 Å². The Kier molecular flexibility index (Phi) is 3.35. The summed E-state index contributed by atoms with van der Waals surface area (Å²) in [7, 11) is 1.87. The fourth-order valence-corrected chi connectivity index (χ4v) is 2.09. The van der Waals surface area contributed by atoms with Crippen molar-refractivity contribution in [3.05, 3.63) is 16.9 Å². The first kappa shape index (κ1) is 13.0. The smallest absolute Gasteiger partial charge is 0.257 e. The minimum Gasteiger partial charge on any atom is -0.475 e. The van der Waals surface area contributed by atoms with Crippen LogP contribution < -0.4 is 15.4 Å². The Morgan fingerprint density at radius 2 is 2.30 bits per heavy atom. The zero-order valence-electron chi connectivity index (χ0n) is 11.3. The van der Waals surface area contributed by atoms with Gasteiger partial charge in [0, 0.05) is 13.6 Å². The van der Waals surface area contributed by atoms with Gasteiger partial charge in [0.2, 0.25) is 5.95 Å². The summed E-state index contributed by atoms with van der Waals surface area (Å²) in [5, 5.41) is 11.2. The fraction of sp³-hybridized carbons (Fsp3) is 0.417. The third-order valence-corrected chi connectivity index (χ3v) is 3.41. The maximum Gasteiger partial charge on any atom is 0.257 e. The summed E-state index contributed by atoms with van der Waals surface area (Å²) in [6.07, 6.45) is 2.40. The molecule has 1 aliphatic heterocycles. The van der Waals surface area contributed by atoms with Gasteiger partial charge in [-0.1, -0.05) is 11.6 Å². The molecule has 0 radical (unpaired) electrons. The van der Waals surface area contributed by atoms with Gasteiger partial charge < -0.3 is 15.4 Å². The Morgan fingerprint density at radius 1 is 1.45 bits per heavy atom. The Bertz CT molecular complexity index is 641. The molecule has 7 nitrogen and oxygen atoms in total. The van der Waals surface area contributed by atoms with E-state index >= 15 is 0 Å². The van der Waals surface area contributed by atoms with Crippen LogP contribution in [0.15, 0.2) is 6.20 Å². The molecule has 2 N–H and O–H groups in total. The number of rotatable bonds is 0. The second-order valence-corrected chi connectivity index (χ2v) is 4.94. The number of halogens is 1. The largest absolute Gasteiger partial charge is 0.475 e. The summed E-state index contributed by atoms with van der Waals surface area (Å²) in [6.45, 7) is 3.24. The fourth-order valence-electron chi connectivity index (χ4n) is 1.93. The van der Waals surface area contributed by atoms with Crippen LogP contribution in [0, 0.1) is 6.92 Å². The van der Waals surface area contributed by atoms with Crippen molar-refractivity contribution in [3.8, 4) is 5.88 Å².